The Labute approximate surface area is 476 Å². The Morgan fingerprint density at radius 3 is 1.31 bits per heavy atom. The average molecular weight is 1120 g/mol. The summed E-state index contributed by atoms with van der Waals surface area (Å²) in [7, 11) is -5.08. The van der Waals surface area contributed by atoms with E-state index >= 15 is 0 Å². The zero-order valence-corrected chi connectivity index (χ0v) is 49.8. The van der Waals surface area contributed by atoms with Gasteiger partial charge in [-0.2, -0.15) is 8.42 Å². The van der Waals surface area contributed by atoms with E-state index in [1.54, 1.807) is 0 Å². The number of allylic oxidation sites excluding steroid dienone is 16. The summed E-state index contributed by atoms with van der Waals surface area (Å²) in [6.07, 6.45) is 67.3. The molecule has 1 rings (SSSR count). The molecule has 0 bridgehead atoms. The van der Waals surface area contributed by atoms with Crippen LogP contribution >= 0.6 is 0 Å². The van der Waals surface area contributed by atoms with E-state index in [1.807, 2.05) is 0 Å². The van der Waals surface area contributed by atoms with E-state index in [1.165, 1.54) is 122 Å². The summed E-state index contributed by atoms with van der Waals surface area (Å²) < 4.78 is 59.5. The van der Waals surface area contributed by atoms with Crippen molar-refractivity contribution in [3.8, 4) is 0 Å². The van der Waals surface area contributed by atoms with Gasteiger partial charge in [-0.15, -0.1) is 0 Å². The SMILES string of the molecule is CC/C=C\C/C=C\C/C=C\C/C=C\C/C=C\C/C=C\C/C=C\CCCCCCOCC(COC1OC(CO)C(O)C(OS(=O)(=O)O)C1O)OC(=O)CCCCCCCCCCCCCCC/C=C\CCCCCCCCCC. The number of ether oxygens (including phenoxy) is 4. The number of carbonyl (C=O) groups excluding carboxylic acids is 1. The molecule has 0 aromatic heterocycles. The van der Waals surface area contributed by atoms with Gasteiger partial charge < -0.3 is 34.3 Å². The first-order chi connectivity index (χ1) is 38.1. The Bertz CT molecular complexity index is 1720. The fourth-order valence-electron chi connectivity index (χ4n) is 9.06. The van der Waals surface area contributed by atoms with E-state index in [9.17, 15) is 33.1 Å². The number of unbranched alkanes of at least 4 members (excludes halogenated alkanes) is 25. The third-order valence-electron chi connectivity index (χ3n) is 13.7. The van der Waals surface area contributed by atoms with E-state index in [2.05, 4.69) is 115 Å². The minimum atomic E-state index is -5.08. The van der Waals surface area contributed by atoms with Gasteiger partial charge in [-0.3, -0.25) is 9.35 Å². The van der Waals surface area contributed by atoms with Gasteiger partial charge in [0.25, 0.3) is 0 Å². The van der Waals surface area contributed by atoms with Crippen molar-refractivity contribution in [2.45, 2.75) is 282 Å². The number of esters is 1. The standard InChI is InChI=1S/C65H112O12S/c1-3-5-7-9-11-13-15-17-19-21-23-25-27-29-31-33-35-37-39-41-43-45-47-49-51-53-55-73-57-59(58-74-65-63(69)64(77-78(70,71)72)62(68)60(56-66)76-65)75-61(67)54-52-50-48-46-44-42-40-38-36-34-32-30-28-26-24-22-20-18-16-14-12-10-8-6-4-2/h5,7,11,13,17,19,22-25,29,31,35,37,41,43,59-60,62-66,68-69H,3-4,6,8-10,12,14-16,18,20-21,26-28,30,32-34,36,38-40,42,44-58H2,1-2H3,(H,70,71,72)/b7-5-,13-11-,19-17-,24-22-,25-23-,31-29-,37-35-,43-41-. The van der Waals surface area contributed by atoms with Gasteiger partial charge in [-0.05, 0) is 96.3 Å². The molecule has 450 valence electrons. The van der Waals surface area contributed by atoms with E-state index in [0.717, 1.165) is 96.3 Å². The monoisotopic (exact) mass is 1120 g/mol. The molecule has 12 nitrogen and oxygen atoms in total. The molecular weight excluding hydrogens is 1000 g/mol. The first-order valence-electron chi connectivity index (χ1n) is 31.0. The van der Waals surface area contributed by atoms with Crippen molar-refractivity contribution < 1.29 is 56.2 Å². The lowest BCUT2D eigenvalue weighted by atomic mass is 9.99. The molecule has 0 spiro atoms. The first kappa shape index (κ1) is 73.0. The zero-order valence-electron chi connectivity index (χ0n) is 48.9. The lowest BCUT2D eigenvalue weighted by molar-refractivity contribution is -0.301. The van der Waals surface area contributed by atoms with Crippen molar-refractivity contribution in [3.05, 3.63) is 97.2 Å². The smallest absolute Gasteiger partial charge is 0.397 e. The summed E-state index contributed by atoms with van der Waals surface area (Å²) in [6.45, 7) is 3.84. The van der Waals surface area contributed by atoms with Gasteiger partial charge in [-0.1, -0.05) is 239 Å². The van der Waals surface area contributed by atoms with Crippen molar-refractivity contribution in [2.24, 2.45) is 0 Å². The molecular formula is C65H112O12S. The molecule has 1 saturated heterocycles. The van der Waals surface area contributed by atoms with Gasteiger partial charge in [0.1, 0.15) is 30.5 Å². The lowest BCUT2D eigenvalue weighted by Gasteiger charge is -2.41. The van der Waals surface area contributed by atoms with E-state index in [-0.39, 0.29) is 19.6 Å². The van der Waals surface area contributed by atoms with E-state index in [0.29, 0.717) is 13.0 Å². The first-order valence-corrected chi connectivity index (χ1v) is 32.4. The Kier molecular flexibility index (Phi) is 51.1. The summed E-state index contributed by atoms with van der Waals surface area (Å²) in [4.78, 5) is 13.0. The maximum absolute atomic E-state index is 13.0. The highest BCUT2D eigenvalue weighted by Gasteiger charge is 2.48. The second kappa shape index (κ2) is 54.6. The maximum Gasteiger partial charge on any atom is 0.397 e. The van der Waals surface area contributed by atoms with Gasteiger partial charge >= 0.3 is 16.4 Å². The highest BCUT2D eigenvalue weighted by atomic mass is 32.3. The van der Waals surface area contributed by atoms with Gasteiger partial charge in [-0.25, -0.2) is 4.18 Å². The normalized spacial score (nSPS) is 19.1. The van der Waals surface area contributed by atoms with Crippen molar-refractivity contribution >= 4 is 16.4 Å². The topological polar surface area (TPSA) is 178 Å². The van der Waals surface area contributed by atoms with Crippen LogP contribution in [0.5, 0.6) is 0 Å². The molecule has 1 heterocycles. The summed E-state index contributed by atoms with van der Waals surface area (Å²) >= 11 is 0. The number of hydrogen-bond acceptors (Lipinski definition) is 11. The number of rotatable bonds is 54. The van der Waals surface area contributed by atoms with Crippen molar-refractivity contribution in [3.63, 3.8) is 0 Å². The van der Waals surface area contributed by atoms with Crippen molar-refractivity contribution in [2.75, 3.05) is 26.4 Å². The number of carbonyl (C=O) groups is 1. The van der Waals surface area contributed by atoms with Crippen LogP contribution in [0.1, 0.15) is 245 Å². The molecule has 6 atom stereocenters. The maximum atomic E-state index is 13.0. The second-order valence-electron chi connectivity index (χ2n) is 20.9. The van der Waals surface area contributed by atoms with Crippen LogP contribution in [0.25, 0.3) is 0 Å². The Hall–Kier alpha value is -2.98. The number of aliphatic hydroxyl groups is 3. The quantitative estimate of drug-likeness (QED) is 0.0196. The van der Waals surface area contributed by atoms with Crippen LogP contribution in [0.4, 0.5) is 0 Å². The zero-order chi connectivity index (χ0) is 56.7. The molecule has 1 fully saturated rings. The van der Waals surface area contributed by atoms with E-state index < -0.39 is 59.8 Å². The number of hydrogen-bond donors (Lipinski definition) is 4. The minimum Gasteiger partial charge on any atom is -0.457 e. The third-order valence-corrected chi connectivity index (χ3v) is 14.2. The van der Waals surface area contributed by atoms with Crippen molar-refractivity contribution in [1.29, 1.82) is 0 Å². The largest absolute Gasteiger partial charge is 0.457 e. The minimum absolute atomic E-state index is 0.0139. The van der Waals surface area contributed by atoms with Crippen LogP contribution < -0.4 is 0 Å². The molecule has 0 aromatic carbocycles. The summed E-state index contributed by atoms with van der Waals surface area (Å²) in [5.74, 6) is -0.409. The predicted octanol–water partition coefficient (Wildman–Crippen LogP) is 16.1. The van der Waals surface area contributed by atoms with Crippen LogP contribution in [-0.2, 0) is 38.3 Å². The molecule has 0 aromatic rings. The molecule has 0 aliphatic carbocycles. The number of aliphatic hydroxyl groups excluding tert-OH is 3. The van der Waals surface area contributed by atoms with Gasteiger partial charge in [0.2, 0.25) is 0 Å². The van der Waals surface area contributed by atoms with Crippen LogP contribution in [0, 0.1) is 0 Å². The molecule has 13 heteroatoms. The third kappa shape index (κ3) is 46.7. The van der Waals surface area contributed by atoms with Gasteiger partial charge in [0.15, 0.2) is 6.29 Å². The van der Waals surface area contributed by atoms with Gasteiger partial charge in [0.05, 0.1) is 19.8 Å². The molecule has 1 aliphatic rings. The fourth-order valence-corrected chi connectivity index (χ4v) is 9.57. The Morgan fingerprint density at radius 2 is 0.885 bits per heavy atom. The van der Waals surface area contributed by atoms with Crippen LogP contribution in [-0.4, -0.2) is 97.5 Å². The highest BCUT2D eigenvalue weighted by molar-refractivity contribution is 7.80. The van der Waals surface area contributed by atoms with Gasteiger partial charge in [0, 0.05) is 13.0 Å². The molecule has 0 amide bonds. The lowest BCUT2D eigenvalue weighted by Crippen LogP contribution is -2.60. The fraction of sp³-hybridized carbons (Fsp3) is 0.738. The van der Waals surface area contributed by atoms with Crippen LogP contribution in [0.3, 0.4) is 0 Å². The molecule has 0 saturated carbocycles. The molecule has 0 radical (unpaired) electrons. The summed E-state index contributed by atoms with van der Waals surface area (Å²) in [6, 6.07) is 0. The Morgan fingerprint density at radius 1 is 0.500 bits per heavy atom. The van der Waals surface area contributed by atoms with Crippen molar-refractivity contribution in [1.82, 2.24) is 0 Å². The molecule has 78 heavy (non-hydrogen) atoms. The second-order valence-corrected chi connectivity index (χ2v) is 22.0. The predicted molar refractivity (Wildman–Crippen MR) is 322 cm³/mol. The Balaban J connectivity index is 2.30. The van der Waals surface area contributed by atoms with E-state index in [4.69, 9.17) is 18.9 Å². The average Bonchev–Trinajstić information content (AvgIpc) is 3.42. The summed E-state index contributed by atoms with van der Waals surface area (Å²) in [5, 5.41) is 30.9. The summed E-state index contributed by atoms with van der Waals surface area (Å²) in [5.41, 5.74) is 0. The van der Waals surface area contributed by atoms with Crippen LogP contribution in [0.15, 0.2) is 97.2 Å². The molecule has 4 N–H and O–H groups in total. The highest BCUT2D eigenvalue weighted by Crippen LogP contribution is 2.26. The van der Waals surface area contributed by atoms with Crippen LogP contribution in [0.2, 0.25) is 0 Å². The molecule has 1 aliphatic heterocycles. The molecule has 6 unspecified atom stereocenters.